The van der Waals surface area contributed by atoms with E-state index >= 15 is 0 Å². The summed E-state index contributed by atoms with van der Waals surface area (Å²) in [5, 5.41) is 11.3. The van der Waals surface area contributed by atoms with Crippen molar-refractivity contribution in [2.24, 2.45) is 0 Å². The van der Waals surface area contributed by atoms with Crippen LogP contribution < -0.4 is 4.74 Å². The quantitative estimate of drug-likeness (QED) is 0.320. The second-order valence-corrected chi connectivity index (χ2v) is 9.15. The number of aliphatic hydroxyl groups is 1. The van der Waals surface area contributed by atoms with Gasteiger partial charge in [0.2, 0.25) is 0 Å². The normalized spacial score (nSPS) is 20.2. The molecule has 0 aliphatic carbocycles. The number of carbonyl (C=O) groups is 2. The number of ether oxygens (including phenoxy) is 2. The molecule has 1 amide bonds. The fourth-order valence-corrected chi connectivity index (χ4v) is 4.75. The van der Waals surface area contributed by atoms with E-state index in [0.717, 1.165) is 31.6 Å². The molecule has 4 rings (SSSR count). The van der Waals surface area contributed by atoms with Gasteiger partial charge in [0.15, 0.2) is 0 Å². The Morgan fingerprint density at radius 3 is 2.58 bits per heavy atom. The Morgan fingerprint density at radius 2 is 1.89 bits per heavy atom. The fraction of sp³-hybridized carbons (Fsp3) is 0.429. The van der Waals surface area contributed by atoms with Gasteiger partial charge in [0.1, 0.15) is 17.3 Å². The Hall–Kier alpha value is -3.23. The first-order valence-corrected chi connectivity index (χ1v) is 12.5. The van der Waals surface area contributed by atoms with Crippen LogP contribution >= 0.6 is 0 Å². The Morgan fingerprint density at radius 1 is 1.14 bits per heavy atom. The van der Waals surface area contributed by atoms with E-state index < -0.39 is 23.5 Å². The van der Waals surface area contributed by atoms with E-state index in [1.54, 1.807) is 36.4 Å². The molecule has 2 aromatic rings. The third-order valence-electron chi connectivity index (χ3n) is 6.63. The third kappa shape index (κ3) is 5.44. The number of ketones is 1. The average Bonchev–Trinajstić information content (AvgIpc) is 3.13. The van der Waals surface area contributed by atoms with Crippen LogP contribution in [0.15, 0.2) is 48.0 Å². The monoisotopic (exact) mass is 496 g/mol. The molecule has 0 unspecified atom stereocenters. The van der Waals surface area contributed by atoms with Crippen LogP contribution in [0.3, 0.4) is 0 Å². The van der Waals surface area contributed by atoms with Crippen LogP contribution in [-0.4, -0.2) is 72.6 Å². The SMILES string of the molecule is CCCOc1ccc(C(O)=C2C(=O)C(=O)N(CCCN3CCOCC3)[C@H]2c2ccccc2F)cc1C. The van der Waals surface area contributed by atoms with E-state index in [4.69, 9.17) is 9.47 Å². The topological polar surface area (TPSA) is 79.3 Å². The number of halogens is 1. The van der Waals surface area contributed by atoms with Crippen molar-refractivity contribution in [2.45, 2.75) is 32.7 Å². The molecule has 2 saturated heterocycles. The van der Waals surface area contributed by atoms with Gasteiger partial charge in [-0.15, -0.1) is 0 Å². The highest BCUT2D eigenvalue weighted by atomic mass is 19.1. The lowest BCUT2D eigenvalue weighted by molar-refractivity contribution is -0.140. The second kappa shape index (κ2) is 11.7. The van der Waals surface area contributed by atoms with Crippen molar-refractivity contribution in [1.29, 1.82) is 0 Å². The van der Waals surface area contributed by atoms with E-state index in [1.807, 2.05) is 13.8 Å². The largest absolute Gasteiger partial charge is 0.507 e. The van der Waals surface area contributed by atoms with Crippen LogP contribution in [0.4, 0.5) is 4.39 Å². The summed E-state index contributed by atoms with van der Waals surface area (Å²) in [6, 6.07) is 10.2. The van der Waals surface area contributed by atoms with Gasteiger partial charge in [0.05, 0.1) is 31.4 Å². The number of carbonyl (C=O) groups excluding carboxylic acids is 2. The van der Waals surface area contributed by atoms with Crippen LogP contribution in [0.25, 0.3) is 5.76 Å². The number of amides is 1. The number of nitrogens with zero attached hydrogens (tertiary/aromatic N) is 2. The Kier molecular flexibility index (Phi) is 8.38. The van der Waals surface area contributed by atoms with Crippen LogP contribution in [0.1, 0.15) is 42.5 Å². The van der Waals surface area contributed by atoms with Gasteiger partial charge in [-0.1, -0.05) is 25.1 Å². The molecule has 7 nitrogen and oxygen atoms in total. The van der Waals surface area contributed by atoms with Gasteiger partial charge in [-0.2, -0.15) is 0 Å². The average molecular weight is 497 g/mol. The van der Waals surface area contributed by atoms with E-state index in [-0.39, 0.29) is 23.4 Å². The van der Waals surface area contributed by atoms with E-state index in [0.29, 0.717) is 37.6 Å². The summed E-state index contributed by atoms with van der Waals surface area (Å²) in [4.78, 5) is 29.9. The number of morpholine rings is 1. The molecule has 1 atom stereocenters. The van der Waals surface area contributed by atoms with Gasteiger partial charge in [-0.25, -0.2) is 4.39 Å². The summed E-state index contributed by atoms with van der Waals surface area (Å²) in [7, 11) is 0. The fourth-order valence-electron chi connectivity index (χ4n) is 4.75. The van der Waals surface area contributed by atoms with Gasteiger partial charge in [-0.05, 0) is 49.6 Å². The first kappa shape index (κ1) is 25.9. The van der Waals surface area contributed by atoms with Gasteiger partial charge < -0.3 is 19.5 Å². The first-order chi connectivity index (χ1) is 17.4. The number of aliphatic hydroxyl groups excluding tert-OH is 1. The maximum atomic E-state index is 15.0. The van der Waals surface area contributed by atoms with Crippen molar-refractivity contribution < 1.29 is 28.6 Å². The van der Waals surface area contributed by atoms with Crippen molar-refractivity contribution in [3.05, 3.63) is 70.5 Å². The summed E-state index contributed by atoms with van der Waals surface area (Å²) in [6.45, 7) is 8.38. The molecular formula is C28H33FN2O5. The Labute approximate surface area is 211 Å². The van der Waals surface area contributed by atoms with Crippen LogP contribution in [0, 0.1) is 12.7 Å². The van der Waals surface area contributed by atoms with Gasteiger partial charge in [-0.3, -0.25) is 14.5 Å². The minimum atomic E-state index is -1.01. The number of hydrogen-bond donors (Lipinski definition) is 1. The molecule has 2 fully saturated rings. The van der Waals surface area contributed by atoms with Crippen molar-refractivity contribution in [3.63, 3.8) is 0 Å². The molecule has 0 radical (unpaired) electrons. The maximum absolute atomic E-state index is 15.0. The smallest absolute Gasteiger partial charge is 0.295 e. The Bertz CT molecular complexity index is 1140. The molecule has 2 aromatic carbocycles. The zero-order valence-corrected chi connectivity index (χ0v) is 20.8. The molecule has 8 heteroatoms. The molecule has 1 N–H and O–H groups in total. The molecule has 2 aliphatic heterocycles. The molecule has 0 aromatic heterocycles. The molecule has 2 aliphatic rings. The summed E-state index contributed by atoms with van der Waals surface area (Å²) < 4.78 is 26.1. The zero-order chi connectivity index (χ0) is 25.7. The van der Waals surface area contributed by atoms with Crippen molar-refractivity contribution in [1.82, 2.24) is 9.80 Å². The zero-order valence-electron chi connectivity index (χ0n) is 20.8. The lowest BCUT2D eigenvalue weighted by Crippen LogP contribution is -2.39. The second-order valence-electron chi connectivity index (χ2n) is 9.15. The molecule has 36 heavy (non-hydrogen) atoms. The van der Waals surface area contributed by atoms with Gasteiger partial charge in [0, 0.05) is 37.3 Å². The summed E-state index contributed by atoms with van der Waals surface area (Å²) in [5.74, 6) is -1.71. The summed E-state index contributed by atoms with van der Waals surface area (Å²) in [6.07, 6.45) is 1.47. The molecule has 192 valence electrons. The van der Waals surface area contributed by atoms with Crippen molar-refractivity contribution >= 4 is 17.4 Å². The first-order valence-electron chi connectivity index (χ1n) is 12.5. The predicted molar refractivity (Wildman–Crippen MR) is 134 cm³/mol. The lowest BCUT2D eigenvalue weighted by Gasteiger charge is -2.29. The van der Waals surface area contributed by atoms with Crippen LogP contribution in [-0.2, 0) is 14.3 Å². The van der Waals surface area contributed by atoms with Gasteiger partial charge >= 0.3 is 0 Å². The number of Topliss-reactive ketones (excluding diaryl/α,β-unsaturated/α-hetero) is 1. The van der Waals surface area contributed by atoms with Gasteiger partial charge in [0.25, 0.3) is 11.7 Å². The summed E-state index contributed by atoms with van der Waals surface area (Å²) in [5.41, 5.74) is 1.25. The highest BCUT2D eigenvalue weighted by Crippen LogP contribution is 2.40. The highest BCUT2D eigenvalue weighted by molar-refractivity contribution is 6.46. The Balaban J connectivity index is 1.67. The van der Waals surface area contributed by atoms with E-state index in [9.17, 15) is 19.1 Å². The number of rotatable bonds is 9. The molecule has 0 spiro atoms. The lowest BCUT2D eigenvalue weighted by atomic mass is 9.94. The van der Waals surface area contributed by atoms with Crippen LogP contribution in [0.5, 0.6) is 5.75 Å². The molecular weight excluding hydrogens is 463 g/mol. The van der Waals surface area contributed by atoms with E-state index in [2.05, 4.69) is 4.90 Å². The van der Waals surface area contributed by atoms with Crippen molar-refractivity contribution in [2.75, 3.05) is 46.0 Å². The van der Waals surface area contributed by atoms with Crippen LogP contribution in [0.2, 0.25) is 0 Å². The molecule has 0 bridgehead atoms. The number of hydrogen-bond acceptors (Lipinski definition) is 6. The molecule has 2 heterocycles. The third-order valence-corrected chi connectivity index (χ3v) is 6.63. The summed E-state index contributed by atoms with van der Waals surface area (Å²) >= 11 is 0. The molecule has 0 saturated carbocycles. The van der Waals surface area contributed by atoms with E-state index in [1.165, 1.54) is 11.0 Å². The minimum Gasteiger partial charge on any atom is -0.507 e. The minimum absolute atomic E-state index is 0.0990. The predicted octanol–water partition coefficient (Wildman–Crippen LogP) is 4.07. The van der Waals surface area contributed by atoms with Crippen molar-refractivity contribution in [3.8, 4) is 5.75 Å². The number of likely N-dealkylation sites (tertiary alicyclic amines) is 1. The maximum Gasteiger partial charge on any atom is 0.295 e. The number of benzene rings is 2. The standard InChI is InChI=1S/C28H33FN2O5/c1-3-15-36-23-10-9-20(18-19(23)2)26(32)24-25(21-7-4-5-8-22(21)29)31(28(34)27(24)33)12-6-11-30-13-16-35-17-14-30/h4-5,7-10,18,25,32H,3,6,11-17H2,1-2H3/t25-/m0/s1. The highest BCUT2D eigenvalue weighted by Gasteiger charge is 2.46. The number of aryl methyl sites for hydroxylation is 1.